The second kappa shape index (κ2) is 7.54. The van der Waals surface area contributed by atoms with Gasteiger partial charge in [0.1, 0.15) is 5.02 Å². The fourth-order valence-electron chi connectivity index (χ4n) is 1.03. The van der Waals surface area contributed by atoms with Gasteiger partial charge in [0.2, 0.25) is 0 Å². The van der Waals surface area contributed by atoms with Gasteiger partial charge in [-0.3, -0.25) is 4.79 Å². The number of nitrogens with one attached hydrogen (secondary N) is 2. The van der Waals surface area contributed by atoms with Crippen molar-refractivity contribution in [1.29, 1.82) is 0 Å². The lowest BCUT2D eigenvalue weighted by Crippen LogP contribution is -2.13. The molecule has 0 amide bonds. The van der Waals surface area contributed by atoms with Crippen LogP contribution in [-0.4, -0.2) is 40.0 Å². The fourth-order valence-corrected chi connectivity index (χ4v) is 1.97. The van der Waals surface area contributed by atoms with Gasteiger partial charge in [-0.2, -0.15) is 16.9 Å². The summed E-state index contributed by atoms with van der Waals surface area (Å²) in [7, 11) is 0. The second-order valence-electron chi connectivity index (χ2n) is 3.04. The molecular weight excluding hydrogens is 250 g/mol. The third-order valence-electron chi connectivity index (χ3n) is 1.80. The first-order chi connectivity index (χ1) is 7.75. The van der Waals surface area contributed by atoms with E-state index in [-0.39, 0.29) is 17.2 Å². The molecule has 0 aliphatic rings. The van der Waals surface area contributed by atoms with Crippen molar-refractivity contribution in [2.24, 2.45) is 0 Å². The average Bonchev–Trinajstić information content (AvgIpc) is 2.29. The molecule has 0 radical (unpaired) electrons. The molecule has 0 aliphatic heterocycles. The molecule has 0 fully saturated rings. The monoisotopic (exact) mass is 263 g/mol. The van der Waals surface area contributed by atoms with Gasteiger partial charge in [-0.05, 0) is 12.2 Å². The van der Waals surface area contributed by atoms with Crippen molar-refractivity contribution in [1.82, 2.24) is 10.2 Å². The predicted octanol–water partition coefficient (Wildman–Crippen LogP) is 0.951. The zero-order valence-electron chi connectivity index (χ0n) is 8.70. The Bertz CT molecular complexity index is 372. The maximum absolute atomic E-state index is 11.1. The Balaban J connectivity index is 2.27. The highest BCUT2D eigenvalue weighted by Gasteiger charge is 2.03. The van der Waals surface area contributed by atoms with E-state index in [9.17, 15) is 4.79 Å². The van der Waals surface area contributed by atoms with Crippen molar-refractivity contribution in [3.8, 4) is 0 Å². The molecule has 7 heteroatoms. The number of aliphatic hydroxyl groups is 1. The maximum Gasteiger partial charge on any atom is 0.285 e. The molecule has 16 heavy (non-hydrogen) atoms. The van der Waals surface area contributed by atoms with Crippen molar-refractivity contribution in [3.63, 3.8) is 0 Å². The van der Waals surface area contributed by atoms with Gasteiger partial charge in [0.25, 0.3) is 5.56 Å². The maximum atomic E-state index is 11.1. The molecule has 1 aromatic rings. The average molecular weight is 264 g/mol. The van der Waals surface area contributed by atoms with Crippen LogP contribution >= 0.6 is 23.4 Å². The molecule has 0 aromatic carbocycles. The smallest absolute Gasteiger partial charge is 0.285 e. The summed E-state index contributed by atoms with van der Waals surface area (Å²) in [6, 6.07) is 0. The van der Waals surface area contributed by atoms with Crippen LogP contribution < -0.4 is 10.9 Å². The molecule has 0 atom stereocenters. The number of hydrogen-bond donors (Lipinski definition) is 3. The zero-order valence-corrected chi connectivity index (χ0v) is 10.3. The lowest BCUT2D eigenvalue weighted by molar-refractivity contribution is 0.296. The van der Waals surface area contributed by atoms with Gasteiger partial charge in [0, 0.05) is 18.9 Å². The first-order valence-corrected chi connectivity index (χ1v) is 6.44. The summed E-state index contributed by atoms with van der Waals surface area (Å²) >= 11 is 7.50. The van der Waals surface area contributed by atoms with E-state index in [0.29, 0.717) is 12.2 Å². The minimum Gasteiger partial charge on any atom is -0.396 e. The first kappa shape index (κ1) is 13.3. The van der Waals surface area contributed by atoms with E-state index in [0.717, 1.165) is 17.9 Å². The van der Waals surface area contributed by atoms with Crippen molar-refractivity contribution in [3.05, 3.63) is 21.6 Å². The molecular formula is C9H14ClN3O2S. The minimum absolute atomic E-state index is 0.135. The van der Waals surface area contributed by atoms with Crippen molar-refractivity contribution < 1.29 is 5.11 Å². The van der Waals surface area contributed by atoms with E-state index >= 15 is 0 Å². The Kier molecular flexibility index (Phi) is 6.29. The van der Waals surface area contributed by atoms with Crippen LogP contribution in [0.25, 0.3) is 0 Å². The van der Waals surface area contributed by atoms with Crippen LogP contribution in [-0.2, 0) is 0 Å². The van der Waals surface area contributed by atoms with Crippen LogP contribution in [0.4, 0.5) is 5.69 Å². The lowest BCUT2D eigenvalue weighted by Gasteiger charge is -2.06. The molecule has 90 valence electrons. The number of rotatable bonds is 7. The molecule has 0 unspecified atom stereocenters. The molecule has 0 saturated heterocycles. The Labute approximate surface area is 103 Å². The van der Waals surface area contributed by atoms with Gasteiger partial charge in [0.05, 0.1) is 11.9 Å². The Morgan fingerprint density at radius 2 is 2.38 bits per heavy atom. The number of aliphatic hydroxyl groups excluding tert-OH is 1. The van der Waals surface area contributed by atoms with E-state index in [1.54, 1.807) is 11.8 Å². The van der Waals surface area contributed by atoms with E-state index in [1.165, 1.54) is 6.20 Å². The molecule has 3 N–H and O–H groups in total. The van der Waals surface area contributed by atoms with Gasteiger partial charge in [0.15, 0.2) is 0 Å². The minimum atomic E-state index is -0.389. The summed E-state index contributed by atoms with van der Waals surface area (Å²) in [5.74, 6) is 1.82. The van der Waals surface area contributed by atoms with E-state index in [2.05, 4.69) is 15.5 Å². The van der Waals surface area contributed by atoms with Crippen LogP contribution in [0.3, 0.4) is 0 Å². The topological polar surface area (TPSA) is 78.0 Å². The molecule has 1 aromatic heterocycles. The number of hydrogen-bond acceptors (Lipinski definition) is 5. The van der Waals surface area contributed by atoms with E-state index < -0.39 is 0 Å². The van der Waals surface area contributed by atoms with Crippen LogP contribution in [0.15, 0.2) is 11.0 Å². The van der Waals surface area contributed by atoms with Crippen LogP contribution in [0.5, 0.6) is 0 Å². The van der Waals surface area contributed by atoms with Gasteiger partial charge in [-0.25, -0.2) is 5.10 Å². The molecule has 1 heterocycles. The largest absolute Gasteiger partial charge is 0.396 e. The number of aromatic amines is 1. The molecule has 0 bridgehead atoms. The normalized spacial score (nSPS) is 10.4. The highest BCUT2D eigenvalue weighted by atomic mass is 35.5. The standard InChI is InChI=1S/C9H14ClN3O2S/c10-8-7(6-12-13-9(8)15)11-2-5-16-4-1-3-14/h6,14H,1-5H2,(H2,11,13,15). The van der Waals surface area contributed by atoms with Crippen molar-refractivity contribution in [2.45, 2.75) is 6.42 Å². The summed E-state index contributed by atoms with van der Waals surface area (Å²) in [4.78, 5) is 11.1. The lowest BCUT2D eigenvalue weighted by atomic mass is 10.4. The molecule has 0 saturated carbocycles. The van der Waals surface area contributed by atoms with Gasteiger partial charge < -0.3 is 10.4 Å². The van der Waals surface area contributed by atoms with Crippen LogP contribution in [0.1, 0.15) is 6.42 Å². The van der Waals surface area contributed by atoms with Crippen molar-refractivity contribution >= 4 is 29.1 Å². The Hall–Kier alpha value is -0.720. The molecule has 0 aliphatic carbocycles. The van der Waals surface area contributed by atoms with E-state index in [1.807, 2.05) is 0 Å². The number of aromatic nitrogens is 2. The highest BCUT2D eigenvalue weighted by molar-refractivity contribution is 7.99. The Morgan fingerprint density at radius 1 is 1.56 bits per heavy atom. The molecule has 0 spiro atoms. The number of nitrogens with zero attached hydrogens (tertiary/aromatic N) is 1. The summed E-state index contributed by atoms with van der Waals surface area (Å²) in [6.07, 6.45) is 2.29. The summed E-state index contributed by atoms with van der Waals surface area (Å²) in [6.45, 7) is 0.936. The fraction of sp³-hybridized carbons (Fsp3) is 0.556. The zero-order chi connectivity index (χ0) is 11.8. The SMILES string of the molecule is O=c1[nH]ncc(NCCSCCCO)c1Cl. The number of H-pyrrole nitrogens is 1. The molecule has 5 nitrogen and oxygen atoms in total. The number of thioether (sulfide) groups is 1. The van der Waals surface area contributed by atoms with Gasteiger partial charge in [-0.15, -0.1) is 0 Å². The number of anilines is 1. The highest BCUT2D eigenvalue weighted by Crippen LogP contribution is 2.14. The predicted molar refractivity (Wildman–Crippen MR) is 67.4 cm³/mol. The van der Waals surface area contributed by atoms with Crippen LogP contribution in [0, 0.1) is 0 Å². The van der Waals surface area contributed by atoms with Gasteiger partial charge >= 0.3 is 0 Å². The first-order valence-electron chi connectivity index (χ1n) is 4.91. The number of halogens is 1. The Morgan fingerprint density at radius 3 is 3.12 bits per heavy atom. The van der Waals surface area contributed by atoms with E-state index in [4.69, 9.17) is 16.7 Å². The summed E-state index contributed by atoms with van der Waals surface area (Å²) in [5.41, 5.74) is 0.160. The summed E-state index contributed by atoms with van der Waals surface area (Å²) in [5, 5.41) is 17.6. The quantitative estimate of drug-likeness (QED) is 0.639. The van der Waals surface area contributed by atoms with Crippen molar-refractivity contribution in [2.75, 3.05) is 30.0 Å². The molecule has 1 rings (SSSR count). The van der Waals surface area contributed by atoms with Gasteiger partial charge in [-0.1, -0.05) is 11.6 Å². The third-order valence-corrected chi connectivity index (χ3v) is 3.25. The van der Waals surface area contributed by atoms with Crippen LogP contribution in [0.2, 0.25) is 5.02 Å². The third kappa shape index (κ3) is 4.42. The second-order valence-corrected chi connectivity index (χ2v) is 4.65. The summed E-state index contributed by atoms with van der Waals surface area (Å²) < 4.78 is 0.